The number of hydrogen-bond donors (Lipinski definition) is 1. The number of ketones is 1. The van der Waals surface area contributed by atoms with Crippen LogP contribution in [0.15, 0.2) is 54.9 Å². The summed E-state index contributed by atoms with van der Waals surface area (Å²) in [5.74, 6) is -0.122. The average molecular weight is 320 g/mol. The number of hydrogen-bond acceptors (Lipinski definition) is 2. The van der Waals surface area contributed by atoms with Gasteiger partial charge in [-0.1, -0.05) is 42.0 Å². The molecule has 3 nitrogen and oxygen atoms in total. The molecule has 0 aliphatic rings. The van der Waals surface area contributed by atoms with Gasteiger partial charge in [0.05, 0.1) is 5.02 Å². The van der Waals surface area contributed by atoms with E-state index in [1.54, 1.807) is 28.8 Å². The zero-order valence-electron chi connectivity index (χ0n) is 11.6. The van der Waals surface area contributed by atoms with Crippen molar-refractivity contribution in [1.29, 1.82) is 0 Å². The third kappa shape index (κ3) is 3.65. The Hall–Kier alpha value is -1.78. The van der Waals surface area contributed by atoms with E-state index in [1.165, 1.54) is 0 Å². The van der Waals surface area contributed by atoms with E-state index in [9.17, 15) is 4.79 Å². The minimum absolute atomic E-state index is 0.122. The van der Waals surface area contributed by atoms with Gasteiger partial charge in [-0.2, -0.15) is 4.57 Å². The monoisotopic (exact) mass is 319 g/mol. The molecule has 5 heteroatoms. The zero-order valence-corrected chi connectivity index (χ0v) is 13.2. The van der Waals surface area contributed by atoms with Gasteiger partial charge in [-0.05, 0) is 19.1 Å². The van der Waals surface area contributed by atoms with Crippen molar-refractivity contribution in [3.05, 3.63) is 65.4 Å². The highest BCUT2D eigenvalue weighted by Crippen LogP contribution is 2.19. The number of carbonyl (C=O) groups excluding carboxylic acids is 1. The zero-order chi connectivity index (χ0) is 15.2. The predicted molar refractivity (Wildman–Crippen MR) is 87.7 cm³/mol. The lowest BCUT2D eigenvalue weighted by atomic mass is 10.0. The fraction of sp³-hybridized carbons (Fsp3) is 0.188. The normalized spacial score (nSPS) is 11.7. The lowest BCUT2D eigenvalue weighted by Crippen LogP contribution is -2.51. The van der Waals surface area contributed by atoms with E-state index < -0.39 is 6.04 Å². The van der Waals surface area contributed by atoms with Crippen molar-refractivity contribution >= 4 is 34.6 Å². The highest BCUT2D eigenvalue weighted by molar-refractivity contribution is 7.80. The van der Waals surface area contributed by atoms with Crippen LogP contribution in [0, 0.1) is 0 Å². The van der Waals surface area contributed by atoms with Crippen LogP contribution in [-0.4, -0.2) is 17.3 Å². The predicted octanol–water partition coefficient (Wildman–Crippen LogP) is 2.99. The van der Waals surface area contributed by atoms with Crippen LogP contribution in [0.4, 0.5) is 0 Å². The quantitative estimate of drug-likeness (QED) is 0.522. The van der Waals surface area contributed by atoms with Gasteiger partial charge in [0.25, 0.3) is 6.04 Å². The fourth-order valence-electron chi connectivity index (χ4n) is 2.05. The summed E-state index contributed by atoms with van der Waals surface area (Å²) < 4.78 is 1.79. The number of benzene rings is 1. The summed E-state index contributed by atoms with van der Waals surface area (Å²) in [6, 6.07) is 12.0. The van der Waals surface area contributed by atoms with Crippen LogP contribution in [0.25, 0.3) is 0 Å². The molecule has 0 spiro atoms. The van der Waals surface area contributed by atoms with E-state index in [-0.39, 0.29) is 5.78 Å². The molecule has 0 bridgehead atoms. The molecule has 1 aromatic heterocycles. The maximum absolute atomic E-state index is 12.8. The first-order valence-corrected chi connectivity index (χ1v) is 7.46. The molecule has 0 aliphatic carbocycles. The third-order valence-corrected chi connectivity index (χ3v) is 3.72. The smallest absolute Gasteiger partial charge is 0.270 e. The molecule has 1 N–H and O–H groups in total. The van der Waals surface area contributed by atoms with Crippen molar-refractivity contribution in [1.82, 2.24) is 5.32 Å². The Morgan fingerprint density at radius 1 is 1.24 bits per heavy atom. The van der Waals surface area contributed by atoms with Crippen LogP contribution in [0.3, 0.4) is 0 Å². The molecule has 0 radical (unpaired) electrons. The summed E-state index contributed by atoms with van der Waals surface area (Å²) >= 11 is 11.5. The molecule has 0 saturated heterocycles. The molecular weight excluding hydrogens is 304 g/mol. The van der Waals surface area contributed by atoms with Gasteiger partial charge in [0.2, 0.25) is 5.78 Å². The van der Waals surface area contributed by atoms with Gasteiger partial charge < -0.3 is 5.32 Å². The molecule has 21 heavy (non-hydrogen) atoms. The Morgan fingerprint density at radius 3 is 2.52 bits per heavy atom. The van der Waals surface area contributed by atoms with E-state index in [4.69, 9.17) is 23.8 Å². The molecule has 1 unspecified atom stereocenters. The first-order valence-electron chi connectivity index (χ1n) is 6.67. The molecule has 0 fully saturated rings. The maximum Gasteiger partial charge on any atom is 0.270 e. The van der Waals surface area contributed by atoms with E-state index >= 15 is 0 Å². The van der Waals surface area contributed by atoms with Crippen LogP contribution in [0.1, 0.15) is 23.3 Å². The van der Waals surface area contributed by atoms with Crippen LogP contribution in [0.5, 0.6) is 0 Å². The first kappa shape index (κ1) is 15.6. The van der Waals surface area contributed by atoms with Crippen LogP contribution in [-0.2, 0) is 0 Å². The second-order valence-electron chi connectivity index (χ2n) is 4.46. The molecular formula is C16H16ClN2OS+. The van der Waals surface area contributed by atoms with E-state index in [1.807, 2.05) is 37.5 Å². The summed E-state index contributed by atoms with van der Waals surface area (Å²) in [6.07, 6.45) is 3.64. The van der Waals surface area contributed by atoms with Crippen LogP contribution in [0.2, 0.25) is 5.02 Å². The fourth-order valence-corrected chi connectivity index (χ4v) is 2.66. The van der Waals surface area contributed by atoms with Gasteiger partial charge in [-0.25, -0.2) is 0 Å². The van der Waals surface area contributed by atoms with E-state index in [2.05, 4.69) is 5.32 Å². The number of rotatable bonds is 5. The van der Waals surface area contributed by atoms with Crippen molar-refractivity contribution in [2.75, 3.05) is 6.54 Å². The molecule has 0 aliphatic heterocycles. The van der Waals surface area contributed by atoms with Gasteiger partial charge in [-0.3, -0.25) is 4.79 Å². The number of halogens is 1. The second-order valence-corrected chi connectivity index (χ2v) is 5.31. The molecule has 1 aromatic carbocycles. The second kappa shape index (κ2) is 7.29. The maximum atomic E-state index is 12.8. The molecule has 2 rings (SSSR count). The standard InChI is InChI=1S/C16H15ClN2OS/c1-2-18-16(21)14(19-10-6-3-7-11-19)15(20)12-8-4-5-9-13(12)17/h3-11,14H,2H2,1H3/p+1. The summed E-state index contributed by atoms with van der Waals surface area (Å²) in [5, 5.41) is 3.49. The van der Waals surface area contributed by atoms with E-state index in [0.29, 0.717) is 22.1 Å². The topological polar surface area (TPSA) is 33.0 Å². The highest BCUT2D eigenvalue weighted by atomic mass is 35.5. The lowest BCUT2D eigenvalue weighted by Gasteiger charge is -2.14. The number of Topliss-reactive ketones (excluding diaryl/α,β-unsaturated/α-hetero) is 1. The van der Waals surface area contributed by atoms with Crippen molar-refractivity contribution < 1.29 is 9.36 Å². The number of nitrogens with one attached hydrogen (secondary N) is 1. The third-order valence-electron chi connectivity index (χ3n) is 3.02. The number of nitrogens with zero attached hydrogens (tertiary/aromatic N) is 1. The molecule has 1 heterocycles. The van der Waals surface area contributed by atoms with Crippen molar-refractivity contribution in [3.63, 3.8) is 0 Å². The molecule has 0 amide bonds. The number of aromatic nitrogens is 1. The first-order chi connectivity index (χ1) is 10.1. The summed E-state index contributed by atoms with van der Waals surface area (Å²) in [4.78, 5) is 13.3. The Labute approximate surface area is 134 Å². The largest absolute Gasteiger partial charge is 0.374 e. The van der Waals surface area contributed by atoms with Crippen LogP contribution >= 0.6 is 23.8 Å². The molecule has 108 valence electrons. The number of thiocarbonyl (C=S) groups is 1. The highest BCUT2D eigenvalue weighted by Gasteiger charge is 2.33. The molecule has 0 saturated carbocycles. The minimum atomic E-state index is -0.596. The van der Waals surface area contributed by atoms with Gasteiger partial charge >= 0.3 is 0 Å². The number of pyridine rings is 1. The number of likely N-dealkylation sites (N-methyl/N-ethyl adjacent to an activating group) is 1. The Balaban J connectivity index is 2.43. The Bertz CT molecular complexity index is 646. The van der Waals surface area contributed by atoms with E-state index in [0.717, 1.165) is 0 Å². The van der Waals surface area contributed by atoms with Gasteiger partial charge in [0.1, 0.15) is 0 Å². The number of carbonyl (C=O) groups is 1. The van der Waals surface area contributed by atoms with Crippen molar-refractivity contribution in [2.24, 2.45) is 0 Å². The summed E-state index contributed by atoms with van der Waals surface area (Å²) in [5.41, 5.74) is 0.473. The Kier molecular flexibility index (Phi) is 5.42. The van der Waals surface area contributed by atoms with Crippen LogP contribution < -0.4 is 9.88 Å². The average Bonchev–Trinajstić information content (AvgIpc) is 2.49. The summed E-state index contributed by atoms with van der Waals surface area (Å²) in [6.45, 7) is 2.61. The van der Waals surface area contributed by atoms with Gasteiger partial charge in [0, 0.05) is 24.2 Å². The lowest BCUT2D eigenvalue weighted by molar-refractivity contribution is -0.692. The Morgan fingerprint density at radius 2 is 1.90 bits per heavy atom. The van der Waals surface area contributed by atoms with Gasteiger partial charge in [-0.15, -0.1) is 0 Å². The molecule has 1 atom stereocenters. The molecule has 2 aromatic rings. The minimum Gasteiger partial charge on any atom is -0.374 e. The summed E-state index contributed by atoms with van der Waals surface area (Å²) in [7, 11) is 0. The van der Waals surface area contributed by atoms with Gasteiger partial charge in [0.15, 0.2) is 17.4 Å². The SMILES string of the molecule is CCNC(=S)C(C(=O)c1ccccc1Cl)[n+]1ccccc1. The van der Waals surface area contributed by atoms with Crippen molar-refractivity contribution in [3.8, 4) is 0 Å². The van der Waals surface area contributed by atoms with Crippen molar-refractivity contribution in [2.45, 2.75) is 13.0 Å².